The number of hydrogen-bond acceptors (Lipinski definition) is 3. The molecular weight excluding hydrogens is 300 g/mol. The average Bonchev–Trinajstić information content (AvgIpc) is 2.49. The predicted octanol–water partition coefficient (Wildman–Crippen LogP) is 2.83. The van der Waals surface area contributed by atoms with E-state index in [0.29, 0.717) is 25.1 Å². The number of amides is 1. The quantitative estimate of drug-likeness (QED) is 0.845. The molecule has 0 bridgehead atoms. The Morgan fingerprint density at radius 2 is 1.86 bits per heavy atom. The second-order valence-electron chi connectivity index (χ2n) is 5.76. The van der Waals surface area contributed by atoms with Crippen LogP contribution in [-0.4, -0.2) is 24.6 Å². The van der Waals surface area contributed by atoms with E-state index in [9.17, 15) is 4.79 Å². The van der Waals surface area contributed by atoms with Gasteiger partial charge in [-0.2, -0.15) is 0 Å². The summed E-state index contributed by atoms with van der Waals surface area (Å²) in [6.45, 7) is 2.64. The Morgan fingerprint density at radius 1 is 1.23 bits per heavy atom. The van der Waals surface area contributed by atoms with Crippen molar-refractivity contribution in [2.24, 2.45) is 5.73 Å². The number of aryl methyl sites for hydroxylation is 1. The highest BCUT2D eigenvalue weighted by molar-refractivity contribution is 5.85. The monoisotopic (exact) mass is 326 g/mol. The van der Waals surface area contributed by atoms with Crippen LogP contribution >= 0.6 is 12.4 Å². The first-order valence-corrected chi connectivity index (χ1v) is 7.94. The molecule has 1 aliphatic rings. The van der Waals surface area contributed by atoms with Gasteiger partial charge in [0.15, 0.2) is 0 Å². The van der Waals surface area contributed by atoms with Gasteiger partial charge in [0.25, 0.3) is 0 Å². The number of rotatable bonds is 6. The first kappa shape index (κ1) is 18.8. The van der Waals surface area contributed by atoms with E-state index >= 15 is 0 Å². The molecule has 3 N–H and O–H groups in total. The summed E-state index contributed by atoms with van der Waals surface area (Å²) >= 11 is 0. The van der Waals surface area contributed by atoms with Crippen molar-refractivity contribution in [2.75, 3.05) is 6.61 Å². The maximum atomic E-state index is 12.0. The Bertz CT molecular complexity index is 442. The van der Waals surface area contributed by atoms with Crippen molar-refractivity contribution in [1.29, 1.82) is 0 Å². The van der Waals surface area contributed by atoms with Gasteiger partial charge < -0.3 is 15.8 Å². The molecule has 0 spiro atoms. The molecule has 1 aromatic rings. The van der Waals surface area contributed by atoms with Gasteiger partial charge in [-0.3, -0.25) is 4.79 Å². The smallest absolute Gasteiger partial charge is 0.220 e. The Kier molecular flexibility index (Phi) is 8.28. The van der Waals surface area contributed by atoms with Gasteiger partial charge in [-0.1, -0.05) is 12.1 Å². The number of carbonyl (C=O) groups is 1. The maximum absolute atomic E-state index is 12.0. The second kappa shape index (κ2) is 9.70. The molecule has 1 saturated carbocycles. The molecule has 0 unspecified atom stereocenters. The Morgan fingerprint density at radius 3 is 2.45 bits per heavy atom. The Hall–Kier alpha value is -1.26. The van der Waals surface area contributed by atoms with Crippen molar-refractivity contribution < 1.29 is 9.53 Å². The number of nitrogens with one attached hydrogen (secondary N) is 1. The third-order valence-electron chi connectivity index (χ3n) is 4.01. The molecule has 0 radical (unpaired) electrons. The lowest BCUT2D eigenvalue weighted by Gasteiger charge is -2.26. The summed E-state index contributed by atoms with van der Waals surface area (Å²) in [6, 6.07) is 8.61. The highest BCUT2D eigenvalue weighted by atomic mass is 35.5. The van der Waals surface area contributed by atoms with Gasteiger partial charge in [0.05, 0.1) is 6.61 Å². The summed E-state index contributed by atoms with van der Waals surface area (Å²) in [5.41, 5.74) is 7.04. The predicted molar refractivity (Wildman–Crippen MR) is 91.6 cm³/mol. The zero-order valence-electron chi connectivity index (χ0n) is 13.2. The molecular formula is C17H27ClN2O2. The zero-order valence-corrected chi connectivity index (χ0v) is 14.0. The van der Waals surface area contributed by atoms with Crippen LogP contribution in [0.5, 0.6) is 5.75 Å². The molecule has 1 fully saturated rings. The van der Waals surface area contributed by atoms with E-state index in [-0.39, 0.29) is 18.3 Å². The van der Waals surface area contributed by atoms with Gasteiger partial charge in [0, 0.05) is 18.5 Å². The standard InChI is InChI=1S/C17H26N2O2.ClH/c1-2-21-16-10-3-13(4-11-16)5-12-17(20)19-15-8-6-14(18)7-9-15;/h3-4,10-11,14-15H,2,5-9,12,18H2,1H3,(H,19,20);1H. The van der Waals surface area contributed by atoms with E-state index in [4.69, 9.17) is 10.5 Å². The molecule has 2 rings (SSSR count). The molecule has 0 aliphatic heterocycles. The van der Waals surface area contributed by atoms with Gasteiger partial charge in [-0.05, 0) is 56.7 Å². The fourth-order valence-corrected chi connectivity index (χ4v) is 2.74. The van der Waals surface area contributed by atoms with E-state index < -0.39 is 0 Å². The number of nitrogens with two attached hydrogens (primary N) is 1. The van der Waals surface area contributed by atoms with Crippen LogP contribution in [0.1, 0.15) is 44.6 Å². The number of hydrogen-bond donors (Lipinski definition) is 2. The maximum Gasteiger partial charge on any atom is 0.220 e. The molecule has 0 saturated heterocycles. The van der Waals surface area contributed by atoms with Crippen LogP contribution in [0.25, 0.3) is 0 Å². The number of ether oxygens (including phenoxy) is 1. The van der Waals surface area contributed by atoms with Crippen LogP contribution in [0.4, 0.5) is 0 Å². The third-order valence-corrected chi connectivity index (χ3v) is 4.01. The van der Waals surface area contributed by atoms with Gasteiger partial charge in [-0.15, -0.1) is 12.4 Å². The number of benzene rings is 1. The lowest BCUT2D eigenvalue weighted by Crippen LogP contribution is -2.40. The zero-order chi connectivity index (χ0) is 15.1. The fourth-order valence-electron chi connectivity index (χ4n) is 2.74. The summed E-state index contributed by atoms with van der Waals surface area (Å²) in [5.74, 6) is 1.02. The number of halogens is 1. The van der Waals surface area contributed by atoms with Crippen LogP contribution in [0.3, 0.4) is 0 Å². The topological polar surface area (TPSA) is 64.3 Å². The van der Waals surface area contributed by atoms with Crippen LogP contribution in [0, 0.1) is 0 Å². The summed E-state index contributed by atoms with van der Waals surface area (Å²) in [7, 11) is 0. The van der Waals surface area contributed by atoms with Crippen molar-refractivity contribution in [3.05, 3.63) is 29.8 Å². The first-order valence-electron chi connectivity index (χ1n) is 7.94. The number of carbonyl (C=O) groups excluding carboxylic acids is 1. The SMILES string of the molecule is CCOc1ccc(CCC(=O)NC2CCC(N)CC2)cc1.Cl. The second-order valence-corrected chi connectivity index (χ2v) is 5.76. The van der Waals surface area contributed by atoms with Crippen LogP contribution in [0.2, 0.25) is 0 Å². The van der Waals surface area contributed by atoms with E-state index in [2.05, 4.69) is 5.32 Å². The van der Waals surface area contributed by atoms with E-state index in [0.717, 1.165) is 37.9 Å². The average molecular weight is 327 g/mol. The molecule has 4 nitrogen and oxygen atoms in total. The largest absolute Gasteiger partial charge is 0.494 e. The summed E-state index contributed by atoms with van der Waals surface area (Å²) in [4.78, 5) is 12.0. The highest BCUT2D eigenvalue weighted by Crippen LogP contribution is 2.17. The van der Waals surface area contributed by atoms with E-state index in [1.54, 1.807) is 0 Å². The van der Waals surface area contributed by atoms with Crippen LogP contribution < -0.4 is 15.8 Å². The summed E-state index contributed by atoms with van der Waals surface area (Å²) in [6.07, 6.45) is 5.36. The molecule has 124 valence electrons. The minimum Gasteiger partial charge on any atom is -0.494 e. The molecule has 1 aliphatic carbocycles. The third kappa shape index (κ3) is 6.24. The van der Waals surface area contributed by atoms with Gasteiger partial charge in [-0.25, -0.2) is 0 Å². The minimum atomic E-state index is 0. The fraction of sp³-hybridized carbons (Fsp3) is 0.588. The highest BCUT2D eigenvalue weighted by Gasteiger charge is 2.19. The van der Waals surface area contributed by atoms with Crippen molar-refractivity contribution in [3.8, 4) is 5.75 Å². The lowest BCUT2D eigenvalue weighted by atomic mass is 9.92. The summed E-state index contributed by atoms with van der Waals surface area (Å²) < 4.78 is 5.41. The summed E-state index contributed by atoms with van der Waals surface area (Å²) in [5, 5.41) is 3.12. The van der Waals surface area contributed by atoms with Gasteiger partial charge in [0.2, 0.25) is 5.91 Å². The van der Waals surface area contributed by atoms with Crippen molar-refractivity contribution in [2.45, 2.75) is 57.5 Å². The normalized spacial score (nSPS) is 20.8. The van der Waals surface area contributed by atoms with Crippen LogP contribution in [-0.2, 0) is 11.2 Å². The molecule has 0 heterocycles. The van der Waals surface area contributed by atoms with Crippen molar-refractivity contribution in [3.63, 3.8) is 0 Å². The van der Waals surface area contributed by atoms with Crippen molar-refractivity contribution >= 4 is 18.3 Å². The molecule has 1 amide bonds. The van der Waals surface area contributed by atoms with Crippen LogP contribution in [0.15, 0.2) is 24.3 Å². The Labute approximate surface area is 139 Å². The van der Waals surface area contributed by atoms with E-state index in [1.807, 2.05) is 31.2 Å². The van der Waals surface area contributed by atoms with Gasteiger partial charge >= 0.3 is 0 Å². The molecule has 0 atom stereocenters. The Balaban J connectivity index is 0.00000242. The lowest BCUT2D eigenvalue weighted by molar-refractivity contribution is -0.122. The molecule has 22 heavy (non-hydrogen) atoms. The molecule has 5 heteroatoms. The molecule has 0 aromatic heterocycles. The van der Waals surface area contributed by atoms with Crippen molar-refractivity contribution in [1.82, 2.24) is 5.32 Å². The van der Waals surface area contributed by atoms with E-state index in [1.165, 1.54) is 5.56 Å². The minimum absolute atomic E-state index is 0. The molecule has 1 aromatic carbocycles. The first-order chi connectivity index (χ1) is 10.2. The van der Waals surface area contributed by atoms with Gasteiger partial charge in [0.1, 0.15) is 5.75 Å².